The lowest BCUT2D eigenvalue weighted by atomic mass is 10.5. The molecule has 6 heteroatoms. The van der Waals surface area contributed by atoms with Crippen molar-refractivity contribution in [3.8, 4) is 0 Å². The molecule has 0 amide bonds. The number of ether oxygens (including phenoxy) is 1. The van der Waals surface area contributed by atoms with Crippen LogP contribution in [0.5, 0.6) is 0 Å². The molecule has 0 spiro atoms. The summed E-state index contributed by atoms with van der Waals surface area (Å²) in [6, 6.07) is 0. The Morgan fingerprint density at radius 1 is 1.79 bits per heavy atom. The van der Waals surface area contributed by atoms with Crippen molar-refractivity contribution in [1.29, 1.82) is 0 Å². The number of carboxylic acid groups (broad SMARTS) is 1. The van der Waals surface area contributed by atoms with Gasteiger partial charge in [0.2, 0.25) is 5.01 Å². The average Bonchev–Trinajstić information content (AvgIpc) is 2.61. The molecule has 0 aliphatic heterocycles. The molecule has 2 N–H and O–H groups in total. The highest BCUT2D eigenvalue weighted by atomic mass is 32.1. The first kappa shape index (κ1) is 11.1. The maximum Gasteiger partial charge on any atom is 0.365 e. The predicted molar refractivity (Wildman–Crippen MR) is 52.7 cm³/mol. The minimum absolute atomic E-state index is 0.133. The second kappa shape index (κ2) is 5.69. The summed E-state index contributed by atoms with van der Waals surface area (Å²) in [4.78, 5) is 14.4. The molecular formula is C8H12N2O3S. The number of thiazole rings is 1. The van der Waals surface area contributed by atoms with Gasteiger partial charge in [0.15, 0.2) is 0 Å². The highest BCUT2D eigenvalue weighted by Crippen LogP contribution is 2.08. The van der Waals surface area contributed by atoms with E-state index in [1.54, 1.807) is 12.5 Å². The van der Waals surface area contributed by atoms with E-state index in [1.807, 2.05) is 0 Å². The first-order valence-corrected chi connectivity index (χ1v) is 4.99. The van der Waals surface area contributed by atoms with E-state index in [0.29, 0.717) is 13.2 Å². The molecule has 1 heterocycles. The monoisotopic (exact) mass is 216 g/mol. The number of aromatic carboxylic acids is 1. The second-order valence-electron chi connectivity index (χ2n) is 2.62. The molecule has 0 fully saturated rings. The van der Waals surface area contributed by atoms with Gasteiger partial charge >= 0.3 is 5.97 Å². The molecule has 0 bridgehead atoms. The van der Waals surface area contributed by atoms with Gasteiger partial charge in [-0.25, -0.2) is 9.78 Å². The van der Waals surface area contributed by atoms with Gasteiger partial charge in [-0.3, -0.25) is 0 Å². The minimum Gasteiger partial charge on any atom is -0.476 e. The average molecular weight is 216 g/mol. The fourth-order valence-corrected chi connectivity index (χ4v) is 1.53. The van der Waals surface area contributed by atoms with Gasteiger partial charge in [-0.15, -0.1) is 11.3 Å². The van der Waals surface area contributed by atoms with E-state index >= 15 is 0 Å². The normalized spacial score (nSPS) is 10.4. The zero-order valence-electron chi connectivity index (χ0n) is 7.82. The number of carboxylic acids is 1. The molecule has 0 saturated carbocycles. The van der Waals surface area contributed by atoms with Crippen LogP contribution in [0.15, 0.2) is 5.38 Å². The number of nitrogens with one attached hydrogen (secondary N) is 1. The van der Waals surface area contributed by atoms with Crippen LogP contribution in [-0.2, 0) is 11.3 Å². The summed E-state index contributed by atoms with van der Waals surface area (Å²) in [5.74, 6) is -0.974. The molecule has 1 aromatic heterocycles. The Balaban J connectivity index is 2.33. The Morgan fingerprint density at radius 2 is 2.57 bits per heavy atom. The standard InChI is InChI=1S/C8H12N2O3S/c1-13-3-2-9-4-6-5-14-7(10-6)8(11)12/h5,9H,2-4H2,1H3,(H,11,12). The van der Waals surface area contributed by atoms with Crippen molar-refractivity contribution >= 4 is 17.3 Å². The number of hydrogen-bond acceptors (Lipinski definition) is 5. The molecule has 0 aromatic carbocycles. The Labute approximate surface area is 85.7 Å². The van der Waals surface area contributed by atoms with Crippen molar-refractivity contribution in [3.05, 3.63) is 16.1 Å². The van der Waals surface area contributed by atoms with E-state index < -0.39 is 5.97 Å². The number of hydrogen-bond donors (Lipinski definition) is 2. The lowest BCUT2D eigenvalue weighted by molar-refractivity contribution is 0.0696. The smallest absolute Gasteiger partial charge is 0.365 e. The third kappa shape index (κ3) is 3.41. The van der Waals surface area contributed by atoms with Gasteiger partial charge in [-0.05, 0) is 0 Å². The molecule has 0 aliphatic rings. The Kier molecular flexibility index (Phi) is 4.51. The van der Waals surface area contributed by atoms with E-state index in [9.17, 15) is 4.79 Å². The topological polar surface area (TPSA) is 71.5 Å². The van der Waals surface area contributed by atoms with E-state index in [2.05, 4.69) is 10.3 Å². The lowest BCUT2D eigenvalue weighted by Crippen LogP contribution is -2.18. The molecular weight excluding hydrogens is 204 g/mol. The SMILES string of the molecule is COCCNCc1csc(C(=O)O)n1. The fraction of sp³-hybridized carbons (Fsp3) is 0.500. The maximum absolute atomic E-state index is 10.5. The lowest BCUT2D eigenvalue weighted by Gasteiger charge is -2.00. The highest BCUT2D eigenvalue weighted by molar-refractivity contribution is 7.11. The molecule has 1 rings (SSSR count). The van der Waals surface area contributed by atoms with Gasteiger partial charge in [-0.1, -0.05) is 0 Å². The van der Waals surface area contributed by atoms with Crippen LogP contribution in [0.3, 0.4) is 0 Å². The van der Waals surface area contributed by atoms with Crippen molar-refractivity contribution in [2.45, 2.75) is 6.54 Å². The quantitative estimate of drug-likeness (QED) is 0.680. The predicted octanol–water partition coefficient (Wildman–Crippen LogP) is 0.577. The summed E-state index contributed by atoms with van der Waals surface area (Å²) in [5, 5.41) is 13.6. The van der Waals surface area contributed by atoms with Crippen molar-refractivity contribution in [2.75, 3.05) is 20.3 Å². The van der Waals surface area contributed by atoms with Gasteiger partial charge < -0.3 is 15.2 Å². The molecule has 5 nitrogen and oxygen atoms in total. The molecule has 0 atom stereocenters. The first-order chi connectivity index (χ1) is 6.74. The van der Waals surface area contributed by atoms with Crippen LogP contribution >= 0.6 is 11.3 Å². The van der Waals surface area contributed by atoms with Gasteiger partial charge in [0.1, 0.15) is 0 Å². The van der Waals surface area contributed by atoms with Crippen LogP contribution in [0, 0.1) is 0 Å². The van der Waals surface area contributed by atoms with E-state index in [4.69, 9.17) is 9.84 Å². The summed E-state index contributed by atoms with van der Waals surface area (Å²) >= 11 is 1.14. The summed E-state index contributed by atoms with van der Waals surface area (Å²) < 4.78 is 4.85. The molecule has 14 heavy (non-hydrogen) atoms. The second-order valence-corrected chi connectivity index (χ2v) is 3.48. The summed E-state index contributed by atoms with van der Waals surface area (Å²) in [5.41, 5.74) is 0.753. The van der Waals surface area contributed by atoms with Crippen LogP contribution in [0.1, 0.15) is 15.5 Å². The van der Waals surface area contributed by atoms with Crippen LogP contribution in [-0.4, -0.2) is 36.3 Å². The number of aromatic nitrogens is 1. The zero-order chi connectivity index (χ0) is 10.4. The summed E-state index contributed by atoms with van der Waals surface area (Å²) in [6.07, 6.45) is 0. The maximum atomic E-state index is 10.5. The first-order valence-electron chi connectivity index (χ1n) is 4.11. The van der Waals surface area contributed by atoms with Crippen LogP contribution < -0.4 is 5.32 Å². The van der Waals surface area contributed by atoms with Crippen molar-refractivity contribution in [1.82, 2.24) is 10.3 Å². The molecule has 0 radical (unpaired) electrons. The molecule has 0 unspecified atom stereocenters. The van der Waals surface area contributed by atoms with Crippen molar-refractivity contribution < 1.29 is 14.6 Å². The third-order valence-electron chi connectivity index (χ3n) is 1.52. The molecule has 78 valence electrons. The summed E-state index contributed by atoms with van der Waals surface area (Å²) in [7, 11) is 1.63. The van der Waals surface area contributed by atoms with Crippen LogP contribution in [0.2, 0.25) is 0 Å². The van der Waals surface area contributed by atoms with E-state index in [0.717, 1.165) is 23.6 Å². The Morgan fingerprint density at radius 3 is 3.14 bits per heavy atom. The van der Waals surface area contributed by atoms with Gasteiger partial charge in [0.05, 0.1) is 12.3 Å². The Bertz CT molecular complexity index is 301. The fourth-order valence-electron chi connectivity index (χ4n) is 0.877. The number of methoxy groups -OCH3 is 1. The number of carbonyl (C=O) groups is 1. The van der Waals surface area contributed by atoms with Gasteiger partial charge in [-0.2, -0.15) is 0 Å². The minimum atomic E-state index is -0.974. The van der Waals surface area contributed by atoms with Crippen molar-refractivity contribution in [3.63, 3.8) is 0 Å². The van der Waals surface area contributed by atoms with Gasteiger partial charge in [0.25, 0.3) is 0 Å². The van der Waals surface area contributed by atoms with Crippen LogP contribution in [0.4, 0.5) is 0 Å². The van der Waals surface area contributed by atoms with E-state index in [-0.39, 0.29) is 5.01 Å². The number of rotatable bonds is 6. The molecule has 0 saturated heterocycles. The third-order valence-corrected chi connectivity index (χ3v) is 2.40. The highest BCUT2D eigenvalue weighted by Gasteiger charge is 2.07. The van der Waals surface area contributed by atoms with Gasteiger partial charge in [0, 0.05) is 25.6 Å². The number of nitrogens with zero attached hydrogens (tertiary/aromatic N) is 1. The molecule has 0 aliphatic carbocycles. The Hall–Kier alpha value is -0.980. The summed E-state index contributed by atoms with van der Waals surface area (Å²) in [6.45, 7) is 1.94. The molecule has 1 aromatic rings. The largest absolute Gasteiger partial charge is 0.476 e. The van der Waals surface area contributed by atoms with Crippen molar-refractivity contribution in [2.24, 2.45) is 0 Å². The van der Waals surface area contributed by atoms with Crippen LogP contribution in [0.25, 0.3) is 0 Å². The van der Waals surface area contributed by atoms with E-state index in [1.165, 1.54) is 0 Å². The zero-order valence-corrected chi connectivity index (χ0v) is 8.63.